The van der Waals surface area contributed by atoms with Crippen molar-refractivity contribution in [2.75, 3.05) is 0 Å². The third-order valence-corrected chi connectivity index (χ3v) is 2.24. The first-order valence-electron chi connectivity index (χ1n) is 3.52. The topological polar surface area (TPSA) is 29.7 Å². The standard InChI is InChI=1S/C8H7N3S.Rb/c1-11-4-2-7(3-5-11)8-6-9-10-12-8;/h2-5H,1H3;/q;+1. The second-order valence-corrected chi connectivity index (χ2v) is 3.22. The number of hydrogen-bond donors (Lipinski definition) is 0. The van der Waals surface area contributed by atoms with Crippen LogP contribution >= 0.6 is 11.5 Å². The Morgan fingerprint density at radius 1 is 1.38 bits per heavy atom. The zero-order valence-corrected chi connectivity index (χ0v) is 13.3. The van der Waals surface area contributed by atoms with E-state index in [4.69, 9.17) is 0 Å². The van der Waals surface area contributed by atoms with Crippen molar-refractivity contribution >= 4 is 11.5 Å². The van der Waals surface area contributed by atoms with Crippen LogP contribution in [0.15, 0.2) is 24.5 Å². The van der Waals surface area contributed by atoms with Gasteiger partial charge in [-0.3, -0.25) is 5.10 Å². The molecule has 0 unspecified atom stereocenters. The summed E-state index contributed by atoms with van der Waals surface area (Å²) in [5.74, 6) is 0. The molecule has 2 aromatic rings. The molecule has 0 saturated heterocycles. The van der Waals surface area contributed by atoms with Crippen LogP contribution in [0.5, 0.6) is 0 Å². The van der Waals surface area contributed by atoms with E-state index in [1.54, 1.807) is 0 Å². The Kier molecular flexibility index (Phi) is 4.82. The van der Waals surface area contributed by atoms with E-state index in [1.807, 2.05) is 36.1 Å². The van der Waals surface area contributed by atoms with Crippen molar-refractivity contribution in [3.05, 3.63) is 30.7 Å². The molecule has 0 radical (unpaired) electrons. The molecular formula is C8H7N3RbS+. The van der Waals surface area contributed by atoms with E-state index < -0.39 is 0 Å². The summed E-state index contributed by atoms with van der Waals surface area (Å²) >= 11 is 1.36. The van der Waals surface area contributed by atoms with Crippen molar-refractivity contribution in [3.8, 4) is 10.4 Å². The minimum atomic E-state index is 0. The average Bonchev–Trinajstić information content (AvgIpc) is 2.58. The van der Waals surface area contributed by atoms with E-state index in [1.165, 1.54) is 11.5 Å². The Morgan fingerprint density at radius 3 is 2.62 bits per heavy atom. The van der Waals surface area contributed by atoms with Gasteiger partial charge in [0.1, 0.15) is 7.05 Å². The normalized spacial score (nSPS) is 9.31. The molecule has 0 bridgehead atoms. The second-order valence-electron chi connectivity index (χ2n) is 2.47. The van der Waals surface area contributed by atoms with Crippen molar-refractivity contribution in [2.45, 2.75) is 0 Å². The van der Waals surface area contributed by atoms with E-state index in [-0.39, 0.29) is 58.2 Å². The van der Waals surface area contributed by atoms with Crippen molar-refractivity contribution in [3.63, 3.8) is 0 Å². The molecule has 0 N–H and O–H groups in total. The first kappa shape index (κ1) is 11.6. The molecule has 0 saturated carbocycles. The van der Waals surface area contributed by atoms with Gasteiger partial charge in [-0.1, -0.05) is 28.5 Å². The van der Waals surface area contributed by atoms with Crippen LogP contribution in [0.3, 0.4) is 0 Å². The maximum atomic E-state index is 3.75. The van der Waals surface area contributed by atoms with Crippen molar-refractivity contribution in [1.29, 1.82) is 0 Å². The zero-order chi connectivity index (χ0) is 8.39. The molecule has 5 heteroatoms. The monoisotopic (exact) mass is 262 g/mol. The third-order valence-electron chi connectivity index (χ3n) is 1.57. The van der Waals surface area contributed by atoms with Crippen molar-refractivity contribution in [2.24, 2.45) is 7.05 Å². The molecule has 0 aliphatic rings. The predicted octanol–water partition coefficient (Wildman–Crippen LogP) is -2.17. The summed E-state index contributed by atoms with van der Waals surface area (Å²) in [6.07, 6.45) is 6.80. The van der Waals surface area contributed by atoms with Crippen molar-refractivity contribution in [1.82, 2.24) is 9.59 Å². The maximum absolute atomic E-state index is 3.75. The fraction of sp³-hybridized carbons (Fsp3) is 0.125. The summed E-state index contributed by atoms with van der Waals surface area (Å²) in [5.41, 5.74) is 1.11. The Hall–Kier alpha value is 0.515. The molecule has 0 amide bonds. The Balaban J connectivity index is 0.000000845. The number of aryl methyl sites for hydroxylation is 1. The summed E-state index contributed by atoms with van der Waals surface area (Å²) in [4.78, 5) is 0.982. The van der Waals surface area contributed by atoms with Gasteiger partial charge in [-0.2, -0.15) is 0 Å². The largest absolute Gasteiger partial charge is 1.00 e. The van der Waals surface area contributed by atoms with Gasteiger partial charge >= 0.3 is 58.2 Å². The van der Waals surface area contributed by atoms with Gasteiger partial charge < -0.3 is 0 Å². The van der Waals surface area contributed by atoms with Crippen LogP contribution in [0.1, 0.15) is 0 Å². The molecular weight excluding hydrogens is 256 g/mol. The summed E-state index contributed by atoms with van der Waals surface area (Å²) in [5, 5.41) is 3.66. The van der Waals surface area contributed by atoms with Crippen LogP contribution in [0.4, 0.5) is 0 Å². The van der Waals surface area contributed by atoms with E-state index in [0.29, 0.717) is 0 Å². The quantitative estimate of drug-likeness (QED) is 0.433. The van der Waals surface area contributed by atoms with Crippen LogP contribution < -0.4 is 62.8 Å². The summed E-state index contributed by atoms with van der Waals surface area (Å²) in [6.45, 7) is 0. The molecule has 0 spiro atoms. The van der Waals surface area contributed by atoms with Crippen LogP contribution in [0.25, 0.3) is 10.4 Å². The van der Waals surface area contributed by atoms with Gasteiger partial charge in [0.25, 0.3) is 0 Å². The fourth-order valence-corrected chi connectivity index (χ4v) is 1.40. The van der Waals surface area contributed by atoms with E-state index in [9.17, 15) is 0 Å². The van der Waals surface area contributed by atoms with Gasteiger partial charge in [-0.15, -0.1) is 16.2 Å². The van der Waals surface area contributed by atoms with E-state index >= 15 is 0 Å². The molecule has 0 aliphatic carbocycles. The number of aromatic nitrogens is 3. The van der Waals surface area contributed by atoms with Gasteiger partial charge in [-0.25, -0.2) is 4.57 Å². The van der Waals surface area contributed by atoms with Gasteiger partial charge in [0.05, 0.1) is 0 Å². The average molecular weight is 263 g/mol. The fourth-order valence-electron chi connectivity index (χ4n) is 0.917. The van der Waals surface area contributed by atoms with Gasteiger partial charge in [0.2, 0.25) is 0 Å². The molecule has 2 rings (SSSR count). The molecule has 3 nitrogen and oxygen atoms in total. The van der Waals surface area contributed by atoms with Gasteiger partial charge in [-0.05, 0) is 0 Å². The molecule has 13 heavy (non-hydrogen) atoms. The minimum absolute atomic E-state index is 0. The smallest absolute Gasteiger partial charge is 0.253 e. The zero-order valence-electron chi connectivity index (χ0n) is 7.56. The van der Waals surface area contributed by atoms with Crippen LogP contribution in [0.2, 0.25) is 0 Å². The predicted molar refractivity (Wildman–Crippen MR) is 45.4 cm³/mol. The SMILES string of the molecule is C[n+]1ccc(-c2[c-]nns2)cc1.[Rb+]. The number of nitrogens with zero attached hydrogens (tertiary/aromatic N) is 3. The molecule has 2 heterocycles. The number of hydrogen-bond acceptors (Lipinski definition) is 3. The Morgan fingerprint density at radius 2 is 2.08 bits per heavy atom. The van der Waals surface area contributed by atoms with Crippen molar-refractivity contribution < 1.29 is 62.8 Å². The summed E-state index contributed by atoms with van der Waals surface area (Å²) in [6, 6.07) is 4.04. The van der Waals surface area contributed by atoms with E-state index in [0.717, 1.165) is 10.4 Å². The minimum Gasteiger partial charge on any atom is -0.253 e. The van der Waals surface area contributed by atoms with Crippen LogP contribution in [0, 0.1) is 6.20 Å². The molecule has 60 valence electrons. The molecule has 0 fully saturated rings. The third kappa shape index (κ3) is 2.99. The Labute approximate surface area is 130 Å². The second kappa shape index (κ2) is 5.41. The van der Waals surface area contributed by atoms with Crippen LogP contribution in [-0.4, -0.2) is 9.59 Å². The first-order valence-corrected chi connectivity index (χ1v) is 4.29. The Bertz CT molecular complexity index is 357. The molecule has 0 atom stereocenters. The van der Waals surface area contributed by atoms with E-state index in [2.05, 4.69) is 15.8 Å². The molecule has 2 aromatic heterocycles. The maximum Gasteiger partial charge on any atom is 1.00 e. The number of rotatable bonds is 1. The van der Waals surface area contributed by atoms with Gasteiger partial charge in [0.15, 0.2) is 12.4 Å². The molecule has 0 aliphatic heterocycles. The summed E-state index contributed by atoms with van der Waals surface area (Å²) in [7, 11) is 1.98. The molecule has 0 aromatic carbocycles. The summed E-state index contributed by atoms with van der Waals surface area (Å²) < 4.78 is 5.73. The van der Waals surface area contributed by atoms with Crippen LogP contribution in [-0.2, 0) is 7.05 Å². The number of pyridine rings is 1. The first-order chi connectivity index (χ1) is 5.86. The van der Waals surface area contributed by atoms with Gasteiger partial charge in [0, 0.05) is 0 Å².